The molecule has 6 nitrogen and oxygen atoms in total. The van der Waals surface area contributed by atoms with Gasteiger partial charge in [-0.1, -0.05) is 60.7 Å². The maximum atomic E-state index is 10.7. The lowest BCUT2D eigenvalue weighted by Crippen LogP contribution is -2.34. The van der Waals surface area contributed by atoms with E-state index in [4.69, 9.17) is 17.7 Å². The lowest BCUT2D eigenvalue weighted by Gasteiger charge is -2.08. The summed E-state index contributed by atoms with van der Waals surface area (Å²) in [6.45, 7) is 0.485. The molecule has 4 rings (SSSR count). The van der Waals surface area contributed by atoms with Crippen molar-refractivity contribution in [3.63, 3.8) is 0 Å². The second-order valence-corrected chi connectivity index (χ2v) is 8.17. The molecule has 0 N–H and O–H groups in total. The van der Waals surface area contributed by atoms with Crippen molar-refractivity contribution in [1.29, 1.82) is 0 Å². The minimum atomic E-state index is -6.09. The molecule has 0 bridgehead atoms. The first kappa shape index (κ1) is 23.3. The minimum absolute atomic E-state index is 0.485. The smallest absolute Gasteiger partial charge is 0.485 e. The SMILES string of the molecule is Cn1c[n+](COc2ccc3ccccc3c2)cc1-c1ccccc1.O=S(=O)([O-])C(F)(F)F. The van der Waals surface area contributed by atoms with E-state index in [-0.39, 0.29) is 0 Å². The number of aromatic nitrogens is 2. The van der Waals surface area contributed by atoms with Crippen LogP contribution in [0.25, 0.3) is 22.0 Å². The third-order valence-electron chi connectivity index (χ3n) is 4.44. The second-order valence-electron chi connectivity index (χ2n) is 6.80. The number of aryl methyl sites for hydroxylation is 1. The van der Waals surface area contributed by atoms with E-state index in [2.05, 4.69) is 70.9 Å². The van der Waals surface area contributed by atoms with Gasteiger partial charge >= 0.3 is 5.51 Å². The Labute approximate surface area is 182 Å². The molecule has 0 radical (unpaired) electrons. The monoisotopic (exact) mass is 464 g/mol. The summed E-state index contributed by atoms with van der Waals surface area (Å²) in [4.78, 5) is 0. The molecule has 0 spiro atoms. The second kappa shape index (κ2) is 9.41. The highest BCUT2D eigenvalue weighted by atomic mass is 32.2. The summed E-state index contributed by atoms with van der Waals surface area (Å²) in [7, 11) is -4.04. The summed E-state index contributed by atoms with van der Waals surface area (Å²) in [5, 5.41) is 2.42. The molecule has 3 aromatic carbocycles. The van der Waals surface area contributed by atoms with Gasteiger partial charge in [-0.15, -0.1) is 0 Å². The number of hydrogen-bond acceptors (Lipinski definition) is 4. The van der Waals surface area contributed by atoms with Gasteiger partial charge in [-0.3, -0.25) is 0 Å². The Kier molecular flexibility index (Phi) is 6.85. The Morgan fingerprint density at radius 3 is 2.19 bits per heavy atom. The van der Waals surface area contributed by atoms with Crippen molar-refractivity contribution in [1.82, 2.24) is 4.57 Å². The highest BCUT2D eigenvalue weighted by molar-refractivity contribution is 7.86. The van der Waals surface area contributed by atoms with Crippen LogP contribution in [0.4, 0.5) is 13.2 Å². The molecule has 168 valence electrons. The van der Waals surface area contributed by atoms with E-state index in [0.29, 0.717) is 6.73 Å². The van der Waals surface area contributed by atoms with Crippen LogP contribution >= 0.6 is 0 Å². The van der Waals surface area contributed by atoms with Crippen LogP contribution < -0.4 is 9.30 Å². The Morgan fingerprint density at radius 2 is 1.56 bits per heavy atom. The van der Waals surface area contributed by atoms with Crippen LogP contribution in [0.5, 0.6) is 5.75 Å². The van der Waals surface area contributed by atoms with Gasteiger partial charge in [0, 0.05) is 5.56 Å². The van der Waals surface area contributed by atoms with Gasteiger partial charge in [0.15, 0.2) is 15.8 Å². The van der Waals surface area contributed by atoms with Gasteiger partial charge in [0.05, 0.1) is 7.05 Å². The highest BCUT2D eigenvalue weighted by Gasteiger charge is 2.36. The molecule has 10 heteroatoms. The number of alkyl halides is 3. The Morgan fingerprint density at radius 1 is 0.969 bits per heavy atom. The summed E-state index contributed by atoms with van der Waals surface area (Å²) in [6.07, 6.45) is 4.15. The van der Waals surface area contributed by atoms with Gasteiger partial charge in [-0.2, -0.15) is 13.2 Å². The zero-order valence-corrected chi connectivity index (χ0v) is 17.7. The maximum Gasteiger partial charge on any atom is 0.485 e. The molecular weight excluding hydrogens is 445 g/mol. The summed E-state index contributed by atoms with van der Waals surface area (Å²) < 4.78 is 69.0. The highest BCUT2D eigenvalue weighted by Crippen LogP contribution is 2.21. The van der Waals surface area contributed by atoms with Crippen molar-refractivity contribution in [2.24, 2.45) is 7.05 Å². The summed E-state index contributed by atoms with van der Waals surface area (Å²) in [5.41, 5.74) is -3.28. The maximum absolute atomic E-state index is 10.7. The molecule has 0 amide bonds. The van der Waals surface area contributed by atoms with E-state index in [0.717, 1.165) is 11.4 Å². The van der Waals surface area contributed by atoms with Crippen LogP contribution in [0.3, 0.4) is 0 Å². The number of fused-ring (bicyclic) bond motifs is 1. The Hall–Kier alpha value is -3.37. The van der Waals surface area contributed by atoms with Crippen LogP contribution in [-0.4, -0.2) is 23.0 Å². The predicted molar refractivity (Wildman–Crippen MR) is 111 cm³/mol. The van der Waals surface area contributed by atoms with Crippen molar-refractivity contribution < 1.29 is 35.4 Å². The molecule has 4 aromatic rings. The predicted octanol–water partition coefficient (Wildman–Crippen LogP) is 4.22. The van der Waals surface area contributed by atoms with Crippen molar-refractivity contribution in [2.75, 3.05) is 0 Å². The number of imidazole rings is 1. The van der Waals surface area contributed by atoms with Crippen molar-refractivity contribution in [2.45, 2.75) is 12.2 Å². The van der Waals surface area contributed by atoms with Crippen molar-refractivity contribution in [3.8, 4) is 17.0 Å². The van der Waals surface area contributed by atoms with Gasteiger partial charge in [-0.25, -0.2) is 17.6 Å². The molecule has 0 saturated carbocycles. The van der Waals surface area contributed by atoms with Gasteiger partial charge in [-0.05, 0) is 22.9 Å². The van der Waals surface area contributed by atoms with E-state index < -0.39 is 15.6 Å². The van der Waals surface area contributed by atoms with Crippen LogP contribution in [-0.2, 0) is 23.9 Å². The van der Waals surface area contributed by atoms with Crippen molar-refractivity contribution in [3.05, 3.63) is 85.3 Å². The zero-order chi connectivity index (χ0) is 23.4. The van der Waals surface area contributed by atoms with E-state index >= 15 is 0 Å². The zero-order valence-electron chi connectivity index (χ0n) is 16.9. The van der Waals surface area contributed by atoms with Crippen molar-refractivity contribution >= 4 is 20.9 Å². The fourth-order valence-corrected chi connectivity index (χ4v) is 2.93. The number of hydrogen-bond donors (Lipinski definition) is 0. The van der Waals surface area contributed by atoms with Gasteiger partial charge in [0.25, 0.3) is 0 Å². The molecule has 0 aliphatic rings. The largest absolute Gasteiger partial charge is 0.741 e. The van der Waals surface area contributed by atoms with E-state index in [1.807, 2.05) is 30.6 Å². The van der Waals surface area contributed by atoms with E-state index in [1.165, 1.54) is 16.3 Å². The van der Waals surface area contributed by atoms with Crippen LogP contribution in [0.15, 0.2) is 85.3 Å². The van der Waals surface area contributed by atoms with E-state index in [9.17, 15) is 13.2 Å². The molecule has 0 saturated heterocycles. The van der Waals surface area contributed by atoms with Gasteiger partial charge < -0.3 is 9.29 Å². The lowest BCUT2D eigenvalue weighted by atomic mass is 10.1. The standard InChI is InChI=1S/C21H19N2O.CHF3O3S/c1-22-15-23(14-21(22)18-8-3-2-4-9-18)16-24-20-12-11-17-7-5-6-10-19(17)13-20;2-1(3,4)8(5,6)7/h2-15H,16H2,1H3;(H,5,6,7)/q+1;/p-1. The van der Waals surface area contributed by atoms with Crippen LogP contribution in [0.2, 0.25) is 0 Å². The average molecular weight is 464 g/mol. The molecule has 0 fully saturated rings. The Bertz CT molecular complexity index is 1300. The Balaban J connectivity index is 0.000000312. The molecule has 0 aliphatic heterocycles. The molecule has 1 heterocycles. The third kappa shape index (κ3) is 5.86. The van der Waals surface area contributed by atoms with Gasteiger partial charge in [0.2, 0.25) is 13.1 Å². The quantitative estimate of drug-likeness (QED) is 0.258. The lowest BCUT2D eigenvalue weighted by molar-refractivity contribution is -0.723. The summed E-state index contributed by atoms with van der Waals surface area (Å²) in [5.74, 6) is 0.881. The normalized spacial score (nSPS) is 11.7. The number of nitrogens with zero attached hydrogens (tertiary/aromatic N) is 2. The van der Waals surface area contributed by atoms with Gasteiger partial charge in [0.1, 0.15) is 11.9 Å². The average Bonchev–Trinajstić information content (AvgIpc) is 3.12. The fraction of sp³-hybridized carbons (Fsp3) is 0.136. The first-order chi connectivity index (χ1) is 15.0. The van der Waals surface area contributed by atoms with Crippen LogP contribution in [0, 0.1) is 0 Å². The summed E-state index contributed by atoms with van der Waals surface area (Å²) in [6, 6.07) is 24.9. The number of ether oxygens (including phenoxy) is 1. The first-order valence-electron chi connectivity index (χ1n) is 9.29. The first-order valence-corrected chi connectivity index (χ1v) is 10.7. The number of benzene rings is 3. The van der Waals surface area contributed by atoms with Crippen LogP contribution in [0.1, 0.15) is 0 Å². The molecule has 0 aliphatic carbocycles. The fourth-order valence-electron chi connectivity index (χ4n) is 2.93. The third-order valence-corrected chi connectivity index (χ3v) is 5.01. The number of rotatable bonds is 4. The van der Waals surface area contributed by atoms with E-state index in [1.54, 1.807) is 0 Å². The molecule has 0 atom stereocenters. The molecular formula is C22H19F3N2O4S. The minimum Gasteiger partial charge on any atom is -0.741 e. The number of halogens is 3. The summed E-state index contributed by atoms with van der Waals surface area (Å²) >= 11 is 0. The molecule has 32 heavy (non-hydrogen) atoms. The molecule has 0 unspecified atom stereocenters. The molecule has 1 aromatic heterocycles. The topological polar surface area (TPSA) is 75.2 Å².